The second kappa shape index (κ2) is 4.18. The Labute approximate surface area is 74.9 Å². The van der Waals surface area contributed by atoms with Crippen molar-refractivity contribution in [2.45, 2.75) is 0 Å². The van der Waals surface area contributed by atoms with Crippen molar-refractivity contribution in [2.75, 3.05) is 0 Å². The number of hydrogen-bond acceptors (Lipinski definition) is 3. The Hall–Kier alpha value is -1.16. The van der Waals surface area contributed by atoms with Gasteiger partial charge in [-0.2, -0.15) is 0 Å². The minimum atomic E-state index is -4.41. The van der Waals surface area contributed by atoms with Crippen molar-refractivity contribution >= 4 is 13.9 Å². The zero-order valence-electron chi connectivity index (χ0n) is 6.57. The normalized spacial score (nSPS) is 11.8. The van der Waals surface area contributed by atoms with Crippen molar-refractivity contribution in [2.24, 2.45) is 0 Å². The Bertz CT molecular complexity index is 332. The first-order valence-electron chi connectivity index (χ1n) is 3.38. The van der Waals surface area contributed by atoms with Crippen molar-refractivity contribution in [3.8, 4) is 0 Å². The summed E-state index contributed by atoms with van der Waals surface area (Å²) in [4.78, 5) is 20.4. The third-order valence-electron chi connectivity index (χ3n) is 1.16. The Balaban J connectivity index is 2.56. The summed E-state index contributed by atoms with van der Waals surface area (Å²) in [7, 11) is -4.41. The molecule has 5 nitrogen and oxygen atoms in total. The van der Waals surface area contributed by atoms with Crippen molar-refractivity contribution in [1.29, 1.82) is 0 Å². The van der Waals surface area contributed by atoms with E-state index in [2.05, 4.69) is 9.51 Å². The van der Waals surface area contributed by atoms with Gasteiger partial charge in [0, 0.05) is 12.4 Å². The van der Waals surface area contributed by atoms with Gasteiger partial charge in [-0.3, -0.25) is 14.8 Å². The summed E-state index contributed by atoms with van der Waals surface area (Å²) >= 11 is 0. The smallest absolute Gasteiger partial charge is 0.412 e. The van der Waals surface area contributed by atoms with Gasteiger partial charge in [-0.25, -0.2) is 4.57 Å². The highest BCUT2D eigenvalue weighted by atomic mass is 31.2. The highest BCUT2D eigenvalue weighted by Gasteiger charge is 2.10. The first-order valence-corrected chi connectivity index (χ1v) is 4.91. The number of aromatic nitrogens is 1. The molecule has 70 valence electrons. The van der Waals surface area contributed by atoms with Crippen LogP contribution in [0.15, 0.2) is 30.8 Å². The van der Waals surface area contributed by atoms with E-state index >= 15 is 0 Å². The van der Waals surface area contributed by atoms with Crippen LogP contribution in [0.25, 0.3) is 6.08 Å². The van der Waals surface area contributed by atoms with Gasteiger partial charge in [0.1, 0.15) is 0 Å². The third kappa shape index (κ3) is 4.42. The summed E-state index contributed by atoms with van der Waals surface area (Å²) in [5.74, 6) is 0. The molecular formula is C7H8NO4P. The topological polar surface area (TPSA) is 79.7 Å². The van der Waals surface area contributed by atoms with Crippen LogP contribution < -0.4 is 0 Å². The van der Waals surface area contributed by atoms with Crippen LogP contribution in [0, 0.1) is 0 Å². The lowest BCUT2D eigenvalue weighted by Crippen LogP contribution is -1.78. The fourth-order valence-corrected chi connectivity index (χ4v) is 0.882. The molecule has 1 rings (SSSR count). The Morgan fingerprint density at radius 1 is 1.38 bits per heavy atom. The Kier molecular flexibility index (Phi) is 3.19. The van der Waals surface area contributed by atoms with E-state index in [0.717, 1.165) is 11.8 Å². The SMILES string of the molecule is O=P(O)(O)O/C=C/c1ccncc1. The molecule has 6 heteroatoms. The second-order valence-corrected chi connectivity index (χ2v) is 3.37. The summed E-state index contributed by atoms with van der Waals surface area (Å²) in [5, 5.41) is 0. The quantitative estimate of drug-likeness (QED) is 0.566. The van der Waals surface area contributed by atoms with E-state index < -0.39 is 7.82 Å². The molecule has 0 radical (unpaired) electrons. The summed E-state index contributed by atoms with van der Waals surface area (Å²) in [6, 6.07) is 3.36. The molecule has 0 bridgehead atoms. The zero-order valence-corrected chi connectivity index (χ0v) is 7.46. The van der Waals surface area contributed by atoms with E-state index in [1.54, 1.807) is 24.5 Å². The monoisotopic (exact) mass is 201 g/mol. The zero-order chi connectivity index (χ0) is 9.73. The lowest BCUT2D eigenvalue weighted by atomic mass is 10.3. The molecule has 0 saturated carbocycles. The van der Waals surface area contributed by atoms with Gasteiger partial charge in [0.2, 0.25) is 0 Å². The van der Waals surface area contributed by atoms with Gasteiger partial charge in [-0.1, -0.05) is 0 Å². The van der Waals surface area contributed by atoms with Gasteiger partial charge < -0.3 is 4.52 Å². The van der Waals surface area contributed by atoms with Crippen LogP contribution in [-0.4, -0.2) is 14.8 Å². The molecule has 1 aromatic rings. The van der Waals surface area contributed by atoms with Gasteiger partial charge in [0.15, 0.2) is 0 Å². The van der Waals surface area contributed by atoms with Crippen LogP contribution in [0.4, 0.5) is 0 Å². The van der Waals surface area contributed by atoms with Gasteiger partial charge in [-0.15, -0.1) is 0 Å². The van der Waals surface area contributed by atoms with Crippen LogP contribution in [0.5, 0.6) is 0 Å². The maximum Gasteiger partial charge on any atom is 0.524 e. The lowest BCUT2D eigenvalue weighted by Gasteiger charge is -1.99. The number of phosphoric ester groups is 1. The van der Waals surface area contributed by atoms with Crippen LogP contribution in [-0.2, 0) is 9.09 Å². The second-order valence-electron chi connectivity index (χ2n) is 2.18. The molecule has 2 N–H and O–H groups in total. The largest absolute Gasteiger partial charge is 0.524 e. The van der Waals surface area contributed by atoms with Crippen molar-refractivity contribution < 1.29 is 18.9 Å². The molecule has 0 saturated heterocycles. The molecule has 0 unspecified atom stereocenters. The molecule has 0 aromatic carbocycles. The van der Waals surface area contributed by atoms with Crippen LogP contribution >= 0.6 is 7.82 Å². The molecule has 0 fully saturated rings. The summed E-state index contributed by atoms with van der Waals surface area (Å²) in [5.41, 5.74) is 0.753. The van der Waals surface area contributed by atoms with E-state index in [4.69, 9.17) is 9.79 Å². The molecule has 1 heterocycles. The van der Waals surface area contributed by atoms with Gasteiger partial charge in [0.25, 0.3) is 0 Å². The van der Waals surface area contributed by atoms with Gasteiger partial charge >= 0.3 is 7.82 Å². The molecule has 1 aromatic heterocycles. The maximum atomic E-state index is 10.2. The molecule has 0 amide bonds. The highest BCUT2D eigenvalue weighted by Crippen LogP contribution is 2.36. The highest BCUT2D eigenvalue weighted by molar-refractivity contribution is 7.46. The van der Waals surface area contributed by atoms with Crippen LogP contribution in [0.1, 0.15) is 5.56 Å². The first kappa shape index (κ1) is 9.92. The molecule has 0 aliphatic carbocycles. The predicted molar refractivity (Wildman–Crippen MR) is 46.4 cm³/mol. The predicted octanol–water partition coefficient (Wildman–Crippen LogP) is 1.16. The number of phosphoric acid groups is 1. The van der Waals surface area contributed by atoms with E-state index in [1.807, 2.05) is 0 Å². The third-order valence-corrected chi connectivity index (χ3v) is 1.56. The fourth-order valence-electron chi connectivity index (χ4n) is 0.663. The van der Waals surface area contributed by atoms with E-state index in [1.165, 1.54) is 6.08 Å². The summed E-state index contributed by atoms with van der Waals surface area (Å²) in [6.45, 7) is 0. The first-order chi connectivity index (χ1) is 6.08. The Morgan fingerprint density at radius 2 is 2.00 bits per heavy atom. The minimum Gasteiger partial charge on any atom is -0.412 e. The number of hydrogen-bond donors (Lipinski definition) is 2. The number of nitrogens with zero attached hydrogens (tertiary/aromatic N) is 1. The molecular weight excluding hydrogens is 193 g/mol. The molecule has 0 aliphatic heterocycles. The van der Waals surface area contributed by atoms with E-state index in [9.17, 15) is 4.57 Å². The maximum absolute atomic E-state index is 10.2. The molecule has 0 aliphatic rings. The van der Waals surface area contributed by atoms with Gasteiger partial charge in [-0.05, 0) is 23.8 Å². The van der Waals surface area contributed by atoms with Gasteiger partial charge in [0.05, 0.1) is 6.26 Å². The van der Waals surface area contributed by atoms with E-state index in [-0.39, 0.29) is 0 Å². The molecule has 13 heavy (non-hydrogen) atoms. The van der Waals surface area contributed by atoms with Crippen LogP contribution in [0.3, 0.4) is 0 Å². The van der Waals surface area contributed by atoms with Crippen molar-refractivity contribution in [3.63, 3.8) is 0 Å². The van der Waals surface area contributed by atoms with Crippen LogP contribution in [0.2, 0.25) is 0 Å². The number of rotatable bonds is 3. The van der Waals surface area contributed by atoms with Crippen molar-refractivity contribution in [1.82, 2.24) is 4.98 Å². The van der Waals surface area contributed by atoms with E-state index in [0.29, 0.717) is 0 Å². The Morgan fingerprint density at radius 3 is 2.54 bits per heavy atom. The standard InChI is InChI=1S/C7H8NO4P/c9-13(10,11)12-6-3-7-1-4-8-5-2-7/h1-6H,(H2,9,10,11)/b6-3+. The average molecular weight is 201 g/mol. The number of pyridine rings is 1. The molecule has 0 atom stereocenters. The summed E-state index contributed by atoms with van der Waals surface area (Å²) < 4.78 is 14.3. The minimum absolute atomic E-state index is 0.753. The molecule has 0 spiro atoms. The average Bonchev–Trinajstić information content (AvgIpc) is 2.04. The summed E-state index contributed by atoms with van der Waals surface area (Å²) in [6.07, 6.45) is 5.52. The lowest BCUT2D eigenvalue weighted by molar-refractivity contribution is 0.259. The fraction of sp³-hybridized carbons (Fsp3) is 0. The van der Waals surface area contributed by atoms with Crippen molar-refractivity contribution in [3.05, 3.63) is 36.4 Å².